The largest absolute Gasteiger partial charge is 0.305 e. The minimum absolute atomic E-state index is 0.144. The molecule has 2 rings (SSSR count). The standard InChI is InChI=1S/C14H17N3O/c1-9-6-5-7-15-12(9)13-16-10(14(2,3)4)8-11(18)17-13/h5-8H,1-4H3,(H,16,17,18). The minimum Gasteiger partial charge on any atom is -0.305 e. The lowest BCUT2D eigenvalue weighted by Crippen LogP contribution is -2.20. The van der Waals surface area contributed by atoms with Gasteiger partial charge in [0.15, 0.2) is 5.82 Å². The van der Waals surface area contributed by atoms with E-state index in [-0.39, 0.29) is 11.0 Å². The van der Waals surface area contributed by atoms with Gasteiger partial charge in [0.05, 0.1) is 5.69 Å². The van der Waals surface area contributed by atoms with Gasteiger partial charge in [-0.3, -0.25) is 9.78 Å². The molecule has 0 atom stereocenters. The Balaban J connectivity index is 2.63. The number of aryl methyl sites for hydroxylation is 1. The number of hydrogen-bond acceptors (Lipinski definition) is 3. The van der Waals surface area contributed by atoms with Crippen LogP contribution in [0.3, 0.4) is 0 Å². The van der Waals surface area contributed by atoms with E-state index in [4.69, 9.17) is 0 Å². The summed E-state index contributed by atoms with van der Waals surface area (Å²) < 4.78 is 0. The van der Waals surface area contributed by atoms with Gasteiger partial charge in [0.2, 0.25) is 0 Å². The van der Waals surface area contributed by atoms with Crippen LogP contribution in [0.15, 0.2) is 29.2 Å². The summed E-state index contributed by atoms with van der Waals surface area (Å²) in [5.74, 6) is 0.533. The monoisotopic (exact) mass is 243 g/mol. The highest BCUT2D eigenvalue weighted by Gasteiger charge is 2.18. The molecule has 0 spiro atoms. The topological polar surface area (TPSA) is 58.6 Å². The Kier molecular flexibility index (Phi) is 3.03. The zero-order valence-corrected chi connectivity index (χ0v) is 11.1. The van der Waals surface area contributed by atoms with Crippen molar-refractivity contribution in [2.24, 2.45) is 0 Å². The Labute approximate surface area is 106 Å². The number of aromatic amines is 1. The number of aromatic nitrogens is 3. The number of H-pyrrole nitrogens is 1. The summed E-state index contributed by atoms with van der Waals surface area (Å²) in [6.07, 6.45) is 1.70. The van der Waals surface area contributed by atoms with Crippen molar-refractivity contribution >= 4 is 0 Å². The molecule has 2 heterocycles. The number of hydrogen-bond donors (Lipinski definition) is 1. The van der Waals surface area contributed by atoms with E-state index < -0.39 is 0 Å². The molecule has 0 bridgehead atoms. The van der Waals surface area contributed by atoms with Gasteiger partial charge in [0.25, 0.3) is 5.56 Å². The predicted octanol–water partition coefficient (Wildman–Crippen LogP) is 2.44. The van der Waals surface area contributed by atoms with Crippen LogP contribution in [0.2, 0.25) is 0 Å². The van der Waals surface area contributed by atoms with E-state index in [9.17, 15) is 4.79 Å². The molecular weight excluding hydrogens is 226 g/mol. The molecule has 4 heteroatoms. The normalized spacial score (nSPS) is 11.6. The molecule has 0 saturated carbocycles. The fraction of sp³-hybridized carbons (Fsp3) is 0.357. The van der Waals surface area contributed by atoms with Crippen LogP contribution in [0.5, 0.6) is 0 Å². The molecule has 0 radical (unpaired) electrons. The average Bonchev–Trinajstić information content (AvgIpc) is 2.27. The van der Waals surface area contributed by atoms with Crippen LogP contribution in [-0.2, 0) is 5.41 Å². The SMILES string of the molecule is Cc1cccnc1-c1nc(C(C)(C)C)cc(=O)[nH]1. The molecular formula is C14H17N3O. The Bertz CT molecular complexity index is 623. The number of rotatable bonds is 1. The zero-order chi connectivity index (χ0) is 13.3. The second-order valence-electron chi connectivity index (χ2n) is 5.40. The van der Waals surface area contributed by atoms with E-state index in [1.54, 1.807) is 12.3 Å². The lowest BCUT2D eigenvalue weighted by molar-refractivity contribution is 0.566. The van der Waals surface area contributed by atoms with Gasteiger partial charge in [-0.2, -0.15) is 0 Å². The molecule has 1 N–H and O–H groups in total. The number of pyridine rings is 1. The quantitative estimate of drug-likeness (QED) is 0.836. The molecule has 0 aromatic carbocycles. The van der Waals surface area contributed by atoms with Gasteiger partial charge in [-0.25, -0.2) is 4.98 Å². The van der Waals surface area contributed by atoms with E-state index in [1.807, 2.05) is 39.8 Å². The van der Waals surface area contributed by atoms with E-state index in [0.29, 0.717) is 5.82 Å². The summed E-state index contributed by atoms with van der Waals surface area (Å²) in [5, 5.41) is 0. The second kappa shape index (κ2) is 4.37. The fourth-order valence-electron chi connectivity index (χ4n) is 1.69. The van der Waals surface area contributed by atoms with Gasteiger partial charge in [-0.15, -0.1) is 0 Å². The lowest BCUT2D eigenvalue weighted by Gasteiger charge is -2.17. The molecule has 0 amide bonds. The third-order valence-corrected chi connectivity index (χ3v) is 2.74. The maximum absolute atomic E-state index is 11.7. The highest BCUT2D eigenvalue weighted by atomic mass is 16.1. The van der Waals surface area contributed by atoms with E-state index in [1.165, 1.54) is 0 Å². The molecule has 0 saturated heterocycles. The summed E-state index contributed by atoms with van der Waals surface area (Å²) >= 11 is 0. The summed E-state index contributed by atoms with van der Waals surface area (Å²) in [5.41, 5.74) is 2.18. The Morgan fingerprint density at radius 1 is 1.28 bits per heavy atom. The highest BCUT2D eigenvalue weighted by molar-refractivity contribution is 5.53. The van der Waals surface area contributed by atoms with Crippen molar-refractivity contribution in [2.45, 2.75) is 33.1 Å². The Morgan fingerprint density at radius 2 is 2.00 bits per heavy atom. The second-order valence-corrected chi connectivity index (χ2v) is 5.40. The maximum Gasteiger partial charge on any atom is 0.251 e. The maximum atomic E-state index is 11.7. The van der Waals surface area contributed by atoms with Crippen LogP contribution in [-0.4, -0.2) is 15.0 Å². The van der Waals surface area contributed by atoms with Gasteiger partial charge >= 0.3 is 0 Å². The van der Waals surface area contributed by atoms with Crippen molar-refractivity contribution in [3.63, 3.8) is 0 Å². The first-order valence-corrected chi connectivity index (χ1v) is 5.92. The Morgan fingerprint density at radius 3 is 2.61 bits per heavy atom. The first kappa shape index (κ1) is 12.5. The zero-order valence-electron chi connectivity index (χ0n) is 11.1. The van der Waals surface area contributed by atoms with Crippen LogP contribution in [0, 0.1) is 6.92 Å². The molecule has 0 aliphatic heterocycles. The van der Waals surface area contributed by atoms with Gasteiger partial charge in [-0.05, 0) is 18.6 Å². The van der Waals surface area contributed by atoms with E-state index >= 15 is 0 Å². The summed E-state index contributed by atoms with van der Waals surface area (Å²) in [6, 6.07) is 5.36. The van der Waals surface area contributed by atoms with Crippen molar-refractivity contribution in [3.05, 3.63) is 46.0 Å². The molecule has 0 unspecified atom stereocenters. The first-order chi connectivity index (χ1) is 8.38. The summed E-state index contributed by atoms with van der Waals surface area (Å²) in [7, 11) is 0. The van der Waals surface area contributed by atoms with Gasteiger partial charge < -0.3 is 4.98 Å². The van der Waals surface area contributed by atoms with Crippen molar-refractivity contribution in [1.82, 2.24) is 15.0 Å². The molecule has 0 aliphatic rings. The van der Waals surface area contributed by atoms with Gasteiger partial charge in [0, 0.05) is 17.7 Å². The van der Waals surface area contributed by atoms with Crippen molar-refractivity contribution in [3.8, 4) is 11.5 Å². The van der Waals surface area contributed by atoms with Crippen molar-refractivity contribution in [2.75, 3.05) is 0 Å². The van der Waals surface area contributed by atoms with E-state index in [2.05, 4.69) is 15.0 Å². The molecule has 0 fully saturated rings. The number of nitrogens with zero attached hydrogens (tertiary/aromatic N) is 2. The molecule has 94 valence electrons. The average molecular weight is 243 g/mol. The van der Waals surface area contributed by atoms with Gasteiger partial charge in [-0.1, -0.05) is 26.8 Å². The predicted molar refractivity (Wildman–Crippen MR) is 71.5 cm³/mol. The summed E-state index contributed by atoms with van der Waals surface area (Å²) in [6.45, 7) is 8.05. The van der Waals surface area contributed by atoms with Crippen LogP contribution in [0.1, 0.15) is 32.0 Å². The molecule has 0 aliphatic carbocycles. The van der Waals surface area contributed by atoms with Crippen LogP contribution in [0.4, 0.5) is 0 Å². The van der Waals surface area contributed by atoms with Crippen LogP contribution < -0.4 is 5.56 Å². The van der Waals surface area contributed by atoms with Gasteiger partial charge in [0.1, 0.15) is 5.69 Å². The lowest BCUT2D eigenvalue weighted by atomic mass is 9.92. The third-order valence-electron chi connectivity index (χ3n) is 2.74. The minimum atomic E-state index is -0.161. The first-order valence-electron chi connectivity index (χ1n) is 5.92. The molecule has 18 heavy (non-hydrogen) atoms. The van der Waals surface area contributed by atoms with E-state index in [0.717, 1.165) is 17.0 Å². The van der Waals surface area contributed by atoms with Crippen LogP contribution in [0.25, 0.3) is 11.5 Å². The third kappa shape index (κ3) is 2.47. The summed E-state index contributed by atoms with van der Waals surface area (Å²) in [4.78, 5) is 23.3. The molecule has 2 aromatic rings. The molecule has 4 nitrogen and oxygen atoms in total. The molecule has 2 aromatic heterocycles. The van der Waals surface area contributed by atoms with Crippen molar-refractivity contribution in [1.29, 1.82) is 0 Å². The van der Waals surface area contributed by atoms with Crippen molar-refractivity contribution < 1.29 is 0 Å². The number of nitrogens with one attached hydrogen (secondary N) is 1. The Hall–Kier alpha value is -1.97. The fourth-order valence-corrected chi connectivity index (χ4v) is 1.69. The van der Waals surface area contributed by atoms with Crippen LogP contribution >= 0.6 is 0 Å². The smallest absolute Gasteiger partial charge is 0.251 e. The highest BCUT2D eigenvalue weighted by Crippen LogP contribution is 2.21.